The molecule has 0 spiro atoms. The zero-order valence-electron chi connectivity index (χ0n) is 5.89. The first kappa shape index (κ1) is 13.5. The number of rotatable bonds is 3. The maximum atomic E-state index is 10.3. The van der Waals surface area contributed by atoms with Crippen LogP contribution >= 0.6 is 20.0 Å². The Morgan fingerprint density at radius 2 is 2.00 bits per heavy atom. The van der Waals surface area contributed by atoms with E-state index in [4.69, 9.17) is 9.79 Å². The van der Waals surface area contributed by atoms with E-state index in [-0.39, 0.29) is 19.0 Å². The fraction of sp³-hybridized carbons (Fsp3) is 0.750. The standard InChI is InChI=1S/C4H9O5P.ClH/c1-2-9-4(5)3-10(6,7)8;/h2-3H2,1H3,(H2,6,7,8);1H. The van der Waals surface area contributed by atoms with Gasteiger partial charge in [-0.2, -0.15) is 0 Å². The van der Waals surface area contributed by atoms with Gasteiger partial charge in [0, 0.05) is 0 Å². The van der Waals surface area contributed by atoms with Crippen molar-refractivity contribution in [2.24, 2.45) is 0 Å². The number of hydrogen-bond donors (Lipinski definition) is 2. The van der Waals surface area contributed by atoms with Crippen LogP contribution in [0.3, 0.4) is 0 Å². The molecule has 7 heteroatoms. The summed E-state index contributed by atoms with van der Waals surface area (Å²) < 4.78 is 14.4. The van der Waals surface area contributed by atoms with Crippen molar-refractivity contribution < 1.29 is 23.9 Å². The summed E-state index contributed by atoms with van der Waals surface area (Å²) in [5.74, 6) is -0.865. The van der Waals surface area contributed by atoms with E-state index < -0.39 is 19.7 Å². The number of hydrogen-bond acceptors (Lipinski definition) is 3. The first-order chi connectivity index (χ1) is 4.45. The van der Waals surface area contributed by atoms with Crippen molar-refractivity contribution in [1.82, 2.24) is 0 Å². The highest BCUT2D eigenvalue weighted by molar-refractivity contribution is 7.52. The second kappa shape index (κ2) is 5.55. The average Bonchev–Trinajstić information content (AvgIpc) is 1.59. The number of carbonyl (C=O) groups is 1. The van der Waals surface area contributed by atoms with Gasteiger partial charge in [0.25, 0.3) is 0 Å². The highest BCUT2D eigenvalue weighted by Gasteiger charge is 2.19. The van der Waals surface area contributed by atoms with Gasteiger partial charge in [-0.25, -0.2) is 0 Å². The van der Waals surface area contributed by atoms with Gasteiger partial charge in [-0.15, -0.1) is 12.4 Å². The molecule has 0 aliphatic rings. The molecular weight excluding hydrogens is 194 g/mol. The van der Waals surface area contributed by atoms with Crippen LogP contribution in [0.4, 0.5) is 0 Å². The third-order valence-corrected chi connectivity index (χ3v) is 1.31. The molecule has 0 aliphatic heterocycles. The lowest BCUT2D eigenvalue weighted by molar-refractivity contribution is -0.140. The largest absolute Gasteiger partial charge is 0.466 e. The number of esters is 1. The molecule has 68 valence electrons. The van der Waals surface area contributed by atoms with Crippen LogP contribution in [0.5, 0.6) is 0 Å². The molecule has 0 radical (unpaired) electrons. The second-order valence-electron chi connectivity index (χ2n) is 1.63. The quantitative estimate of drug-likeness (QED) is 0.505. The summed E-state index contributed by atoms with van der Waals surface area (Å²) in [4.78, 5) is 26.8. The predicted molar refractivity (Wildman–Crippen MR) is 40.8 cm³/mol. The fourth-order valence-corrected chi connectivity index (χ4v) is 0.802. The van der Waals surface area contributed by atoms with E-state index in [0.717, 1.165) is 0 Å². The molecule has 0 aromatic heterocycles. The van der Waals surface area contributed by atoms with Crippen molar-refractivity contribution in [2.45, 2.75) is 6.92 Å². The second-order valence-corrected chi connectivity index (χ2v) is 3.27. The Morgan fingerprint density at radius 1 is 1.55 bits per heavy atom. The summed E-state index contributed by atoms with van der Waals surface area (Å²) in [6, 6.07) is 0. The van der Waals surface area contributed by atoms with Gasteiger partial charge in [0.05, 0.1) is 6.61 Å². The molecule has 0 rings (SSSR count). The summed E-state index contributed by atoms with van der Waals surface area (Å²) in [7, 11) is -4.23. The number of halogens is 1. The van der Waals surface area contributed by atoms with Crippen LogP contribution in [0.25, 0.3) is 0 Å². The molecule has 0 saturated heterocycles. The van der Waals surface area contributed by atoms with Crippen molar-refractivity contribution in [3.8, 4) is 0 Å². The lowest BCUT2D eigenvalue weighted by atomic mass is 10.8. The van der Waals surface area contributed by atoms with Crippen molar-refractivity contribution in [2.75, 3.05) is 12.8 Å². The van der Waals surface area contributed by atoms with E-state index in [0.29, 0.717) is 0 Å². The fourth-order valence-electron chi connectivity index (χ4n) is 0.375. The van der Waals surface area contributed by atoms with Gasteiger partial charge in [-0.1, -0.05) is 0 Å². The van der Waals surface area contributed by atoms with Gasteiger partial charge in [-0.3, -0.25) is 9.36 Å². The Hall–Kier alpha value is -0.0900. The molecule has 11 heavy (non-hydrogen) atoms. The maximum Gasteiger partial charge on any atom is 0.336 e. The average molecular weight is 205 g/mol. The predicted octanol–water partition coefficient (Wildman–Crippen LogP) is 0.149. The summed E-state index contributed by atoms with van der Waals surface area (Å²) in [5.41, 5.74) is 0. The Balaban J connectivity index is 0. The lowest BCUT2D eigenvalue weighted by Crippen LogP contribution is -2.09. The van der Waals surface area contributed by atoms with Crippen LogP contribution in [0.1, 0.15) is 6.92 Å². The van der Waals surface area contributed by atoms with E-state index in [1.165, 1.54) is 0 Å². The SMILES string of the molecule is CCOC(=O)CP(=O)(O)O.Cl. The molecule has 0 amide bonds. The van der Waals surface area contributed by atoms with Crippen LogP contribution in [-0.4, -0.2) is 28.5 Å². The molecule has 0 saturated carbocycles. The van der Waals surface area contributed by atoms with Crippen LogP contribution in [-0.2, 0) is 14.1 Å². The minimum Gasteiger partial charge on any atom is -0.466 e. The van der Waals surface area contributed by atoms with E-state index in [1.54, 1.807) is 6.92 Å². The monoisotopic (exact) mass is 204 g/mol. The zero-order chi connectivity index (χ0) is 8.20. The molecule has 0 heterocycles. The molecule has 0 aromatic rings. The molecule has 5 nitrogen and oxygen atoms in total. The van der Waals surface area contributed by atoms with E-state index in [9.17, 15) is 9.36 Å². The third-order valence-electron chi connectivity index (χ3n) is 0.640. The van der Waals surface area contributed by atoms with Crippen molar-refractivity contribution >= 4 is 26.0 Å². The minimum atomic E-state index is -4.23. The normalized spacial score (nSPS) is 10.1. The molecule has 0 fully saturated rings. The molecule has 0 aliphatic carbocycles. The topological polar surface area (TPSA) is 83.8 Å². The van der Waals surface area contributed by atoms with E-state index in [2.05, 4.69) is 4.74 Å². The smallest absolute Gasteiger partial charge is 0.336 e. The Labute approximate surface area is 70.3 Å². The van der Waals surface area contributed by atoms with Gasteiger partial charge < -0.3 is 14.5 Å². The summed E-state index contributed by atoms with van der Waals surface area (Å²) in [6.07, 6.45) is -0.832. The van der Waals surface area contributed by atoms with Gasteiger partial charge >= 0.3 is 13.6 Å². The van der Waals surface area contributed by atoms with Crippen LogP contribution < -0.4 is 0 Å². The molecule has 0 bridgehead atoms. The zero-order valence-corrected chi connectivity index (χ0v) is 7.60. The minimum absolute atomic E-state index is 0. The molecule has 0 aromatic carbocycles. The van der Waals surface area contributed by atoms with Gasteiger partial charge in [0.1, 0.15) is 6.16 Å². The van der Waals surface area contributed by atoms with E-state index >= 15 is 0 Å². The Bertz CT molecular complexity index is 164. The number of ether oxygens (including phenoxy) is 1. The highest BCUT2D eigenvalue weighted by Crippen LogP contribution is 2.33. The van der Waals surface area contributed by atoms with Crippen LogP contribution in [0, 0.1) is 0 Å². The highest BCUT2D eigenvalue weighted by atomic mass is 35.5. The maximum absolute atomic E-state index is 10.3. The summed E-state index contributed by atoms with van der Waals surface area (Å²) >= 11 is 0. The van der Waals surface area contributed by atoms with Gasteiger partial charge in [0.2, 0.25) is 0 Å². The molecule has 2 N–H and O–H groups in total. The number of carbonyl (C=O) groups excluding carboxylic acids is 1. The third kappa shape index (κ3) is 9.91. The Morgan fingerprint density at radius 3 is 2.27 bits per heavy atom. The van der Waals surface area contributed by atoms with Crippen molar-refractivity contribution in [1.29, 1.82) is 0 Å². The first-order valence-corrected chi connectivity index (χ1v) is 4.45. The van der Waals surface area contributed by atoms with Crippen LogP contribution in [0.15, 0.2) is 0 Å². The summed E-state index contributed by atoms with van der Waals surface area (Å²) in [5, 5.41) is 0. The molecule has 0 unspecified atom stereocenters. The van der Waals surface area contributed by atoms with E-state index in [1.807, 2.05) is 0 Å². The molecular formula is C4H10ClO5P. The van der Waals surface area contributed by atoms with Crippen LogP contribution in [0.2, 0.25) is 0 Å². The van der Waals surface area contributed by atoms with Gasteiger partial charge in [-0.05, 0) is 6.92 Å². The summed E-state index contributed by atoms with van der Waals surface area (Å²) in [6.45, 7) is 1.70. The van der Waals surface area contributed by atoms with Gasteiger partial charge in [0.15, 0.2) is 0 Å². The Kier molecular flexibility index (Phi) is 6.81. The van der Waals surface area contributed by atoms with Crippen molar-refractivity contribution in [3.63, 3.8) is 0 Å². The lowest BCUT2D eigenvalue weighted by Gasteiger charge is -2.01. The first-order valence-electron chi connectivity index (χ1n) is 2.66. The van der Waals surface area contributed by atoms with Crippen molar-refractivity contribution in [3.05, 3.63) is 0 Å². The molecule has 0 atom stereocenters.